The minimum Gasteiger partial charge on any atom is -0.370 e. The molecule has 0 heterocycles. The number of benzene rings is 1. The lowest BCUT2D eigenvalue weighted by molar-refractivity contribution is 0.744. The summed E-state index contributed by atoms with van der Waals surface area (Å²) in [6, 6.07) is 9.70. The zero-order chi connectivity index (χ0) is 19.1. The van der Waals surface area contributed by atoms with Crippen LogP contribution in [0.15, 0.2) is 30.3 Å². The largest absolute Gasteiger partial charge is 0.370 e. The molecule has 0 spiro atoms. The van der Waals surface area contributed by atoms with E-state index in [9.17, 15) is 0 Å². The molecule has 0 radical (unpaired) electrons. The van der Waals surface area contributed by atoms with E-state index in [4.69, 9.17) is 33.1 Å². The summed E-state index contributed by atoms with van der Waals surface area (Å²) in [6.07, 6.45) is 2.10. The van der Waals surface area contributed by atoms with Crippen molar-refractivity contribution in [3.8, 4) is 0 Å². The van der Waals surface area contributed by atoms with Crippen molar-refractivity contribution < 1.29 is 0 Å². The highest BCUT2D eigenvalue weighted by Gasteiger charge is 1.96. The van der Waals surface area contributed by atoms with Crippen LogP contribution in [0.3, 0.4) is 0 Å². The quantitative estimate of drug-likeness (QED) is 0.202. The summed E-state index contributed by atoms with van der Waals surface area (Å²) < 4.78 is 0. The van der Waals surface area contributed by atoms with E-state index in [1.807, 2.05) is 30.3 Å². The van der Waals surface area contributed by atoms with Crippen molar-refractivity contribution in [2.45, 2.75) is 26.3 Å². The second-order valence-corrected chi connectivity index (χ2v) is 4.95. The van der Waals surface area contributed by atoms with Crippen LogP contribution in [0.2, 0.25) is 0 Å². The van der Waals surface area contributed by atoms with Crippen molar-refractivity contribution in [2.24, 2.45) is 11.5 Å². The fourth-order valence-electron chi connectivity index (χ4n) is 1.53. The van der Waals surface area contributed by atoms with Crippen LogP contribution in [-0.2, 0) is 6.54 Å². The van der Waals surface area contributed by atoms with Gasteiger partial charge in [-0.3, -0.25) is 32.3 Å². The Morgan fingerprint density at radius 1 is 0.880 bits per heavy atom. The predicted molar refractivity (Wildman–Crippen MR) is 102 cm³/mol. The minimum atomic E-state index is -0.240. The first-order valence-electron chi connectivity index (χ1n) is 7.76. The molecule has 1 aromatic rings. The Morgan fingerprint density at radius 2 is 1.40 bits per heavy atom. The lowest BCUT2D eigenvalue weighted by Gasteiger charge is -2.08. The molecular formula is C15H28N10. The van der Waals surface area contributed by atoms with Crippen LogP contribution in [0.1, 0.15) is 25.3 Å². The molecule has 0 fully saturated rings. The highest BCUT2D eigenvalue weighted by molar-refractivity contribution is 5.95. The molecule has 10 heteroatoms. The van der Waals surface area contributed by atoms with Gasteiger partial charge in [-0.25, -0.2) is 0 Å². The van der Waals surface area contributed by atoms with Gasteiger partial charge in [0.2, 0.25) is 0 Å². The third kappa shape index (κ3) is 14.0. The van der Waals surface area contributed by atoms with Gasteiger partial charge in [0.15, 0.2) is 23.8 Å². The van der Waals surface area contributed by atoms with E-state index in [1.165, 1.54) is 0 Å². The average Bonchev–Trinajstić information content (AvgIpc) is 2.53. The number of hydrogen-bond donors (Lipinski definition) is 10. The second kappa shape index (κ2) is 13.2. The maximum absolute atomic E-state index is 7.33. The average molecular weight is 348 g/mol. The summed E-state index contributed by atoms with van der Waals surface area (Å²) in [4.78, 5) is 0. The van der Waals surface area contributed by atoms with E-state index >= 15 is 0 Å². The zero-order valence-electron chi connectivity index (χ0n) is 14.4. The third-order valence-electron chi connectivity index (χ3n) is 2.66. The molecule has 0 aliphatic carbocycles. The number of unbranched alkanes of at least 4 members (excludes halogenated alkanes) is 1. The van der Waals surface area contributed by atoms with Crippen LogP contribution in [0.4, 0.5) is 0 Å². The predicted octanol–water partition coefficient (Wildman–Crippen LogP) is -0.0120. The molecule has 0 bridgehead atoms. The van der Waals surface area contributed by atoms with E-state index in [0.717, 1.165) is 24.9 Å². The van der Waals surface area contributed by atoms with Gasteiger partial charge < -0.3 is 22.1 Å². The Bertz CT molecular complexity index is 555. The number of nitrogens with one attached hydrogen (secondary N) is 8. The highest BCUT2D eigenvalue weighted by atomic mass is 15.2. The van der Waals surface area contributed by atoms with Gasteiger partial charge in [-0.15, -0.1) is 0 Å². The van der Waals surface area contributed by atoms with Crippen LogP contribution < -0.4 is 32.7 Å². The van der Waals surface area contributed by atoms with Gasteiger partial charge in [-0.2, -0.15) is 0 Å². The maximum Gasteiger partial charge on any atom is 0.195 e. The molecule has 138 valence electrons. The summed E-state index contributed by atoms with van der Waals surface area (Å²) in [5.74, 6) is -0.332. The van der Waals surface area contributed by atoms with Crippen LogP contribution in [-0.4, -0.2) is 30.4 Å². The van der Waals surface area contributed by atoms with Gasteiger partial charge in [0.25, 0.3) is 0 Å². The van der Waals surface area contributed by atoms with Gasteiger partial charge >= 0.3 is 0 Å². The highest BCUT2D eigenvalue weighted by Crippen LogP contribution is 1.96. The van der Waals surface area contributed by atoms with Crippen LogP contribution in [0, 0.1) is 21.6 Å². The molecule has 0 amide bonds. The lowest BCUT2D eigenvalue weighted by Crippen LogP contribution is -2.43. The van der Waals surface area contributed by atoms with E-state index in [2.05, 4.69) is 28.2 Å². The Hall–Kier alpha value is -3.30. The normalized spacial score (nSPS) is 9.00. The summed E-state index contributed by atoms with van der Waals surface area (Å²) in [6.45, 7) is 3.36. The van der Waals surface area contributed by atoms with Crippen molar-refractivity contribution in [2.75, 3.05) is 6.54 Å². The molecule has 0 unspecified atom stereocenters. The molecule has 0 saturated heterocycles. The first kappa shape index (κ1) is 21.7. The first-order chi connectivity index (χ1) is 11.8. The second-order valence-electron chi connectivity index (χ2n) is 4.95. The fraction of sp³-hybridized carbons (Fsp3) is 0.333. The van der Waals surface area contributed by atoms with Crippen molar-refractivity contribution in [1.29, 1.82) is 21.6 Å². The van der Waals surface area contributed by atoms with Crippen molar-refractivity contribution in [3.63, 3.8) is 0 Å². The van der Waals surface area contributed by atoms with Gasteiger partial charge in [0.1, 0.15) is 0 Å². The molecule has 1 rings (SSSR count). The number of nitrogens with two attached hydrogens (primary N) is 2. The van der Waals surface area contributed by atoms with E-state index in [-0.39, 0.29) is 23.8 Å². The molecule has 0 saturated carbocycles. The molecule has 0 aromatic heterocycles. The summed E-state index contributed by atoms with van der Waals surface area (Å²) >= 11 is 0. The Balaban J connectivity index is 0.000000477. The van der Waals surface area contributed by atoms with Gasteiger partial charge in [-0.1, -0.05) is 43.7 Å². The minimum absolute atomic E-state index is 0.0290. The van der Waals surface area contributed by atoms with E-state index < -0.39 is 0 Å². The Labute approximate surface area is 147 Å². The van der Waals surface area contributed by atoms with E-state index in [1.54, 1.807) is 0 Å². The molecule has 10 nitrogen and oxygen atoms in total. The van der Waals surface area contributed by atoms with Crippen molar-refractivity contribution in [3.05, 3.63) is 35.9 Å². The van der Waals surface area contributed by atoms with Crippen molar-refractivity contribution >= 4 is 23.8 Å². The fourth-order valence-corrected chi connectivity index (χ4v) is 1.53. The monoisotopic (exact) mass is 348 g/mol. The molecule has 0 atom stereocenters. The van der Waals surface area contributed by atoms with Gasteiger partial charge in [0.05, 0.1) is 0 Å². The summed E-state index contributed by atoms with van der Waals surface area (Å²) in [7, 11) is 0. The molecule has 1 aromatic carbocycles. The molecule has 0 aliphatic rings. The summed E-state index contributed by atoms with van der Waals surface area (Å²) in [5, 5.41) is 38.4. The molecular weight excluding hydrogens is 320 g/mol. The zero-order valence-corrected chi connectivity index (χ0v) is 14.4. The van der Waals surface area contributed by atoms with Gasteiger partial charge in [-0.05, 0) is 12.0 Å². The number of rotatable bonds is 5. The first-order valence-corrected chi connectivity index (χ1v) is 7.76. The third-order valence-corrected chi connectivity index (χ3v) is 2.66. The van der Waals surface area contributed by atoms with Crippen LogP contribution in [0.25, 0.3) is 0 Å². The molecule has 25 heavy (non-hydrogen) atoms. The maximum atomic E-state index is 7.33. The Kier molecular flexibility index (Phi) is 11.4. The number of hydrogen-bond acceptors (Lipinski definition) is 4. The Morgan fingerprint density at radius 3 is 1.88 bits per heavy atom. The molecule has 0 aliphatic heterocycles. The van der Waals surface area contributed by atoms with Gasteiger partial charge in [0, 0.05) is 13.1 Å². The number of guanidine groups is 4. The topological polar surface area (TPSA) is 196 Å². The lowest BCUT2D eigenvalue weighted by atomic mass is 10.2. The van der Waals surface area contributed by atoms with Crippen LogP contribution >= 0.6 is 0 Å². The standard InChI is InChI=1S/C9H13N5.C6H15N5/c10-8(11)14-9(12)13-6-7-4-2-1-3-5-7;1-2-3-4-10-6(9)11-5(7)8/h1-5H,6H2,(H6,10,11,12,13,14);2-4H2,1H3,(H6,7,8,9,10,11). The van der Waals surface area contributed by atoms with Crippen molar-refractivity contribution in [1.82, 2.24) is 21.3 Å². The van der Waals surface area contributed by atoms with E-state index in [0.29, 0.717) is 6.54 Å². The van der Waals surface area contributed by atoms with Crippen LogP contribution in [0.5, 0.6) is 0 Å². The molecule has 12 N–H and O–H groups in total. The SMILES string of the molecule is CCCCNC(=N)NC(=N)N.N=C(N)NC(=N)NCc1ccccc1. The smallest absolute Gasteiger partial charge is 0.195 e. The summed E-state index contributed by atoms with van der Waals surface area (Å²) in [5.41, 5.74) is 11.1.